The van der Waals surface area contributed by atoms with E-state index in [1.807, 2.05) is 30.0 Å². The van der Waals surface area contributed by atoms with Crippen LogP contribution in [0.1, 0.15) is 36.3 Å². The van der Waals surface area contributed by atoms with Crippen LogP contribution in [-0.4, -0.2) is 50.2 Å². The lowest BCUT2D eigenvalue weighted by molar-refractivity contribution is 0.0997. The normalized spacial score (nSPS) is 14.4. The molecule has 30 heavy (non-hydrogen) atoms. The van der Waals surface area contributed by atoms with Gasteiger partial charge in [-0.2, -0.15) is 0 Å². The summed E-state index contributed by atoms with van der Waals surface area (Å²) in [6.07, 6.45) is 2.59. The molecule has 2 N–H and O–H groups in total. The minimum Gasteiger partial charge on any atom is -0.490 e. The lowest BCUT2D eigenvalue weighted by Crippen LogP contribution is -2.32. The summed E-state index contributed by atoms with van der Waals surface area (Å²) < 4.78 is 11.3. The minimum atomic E-state index is -0.0690. The van der Waals surface area contributed by atoms with Crippen LogP contribution in [0.15, 0.2) is 24.4 Å². The van der Waals surface area contributed by atoms with E-state index < -0.39 is 0 Å². The number of benzene rings is 1. The second kappa shape index (κ2) is 9.77. The van der Waals surface area contributed by atoms with Crippen LogP contribution in [0.5, 0.6) is 5.75 Å². The molecule has 1 aliphatic rings. The summed E-state index contributed by atoms with van der Waals surface area (Å²) in [4.78, 5) is 19.4. The van der Waals surface area contributed by atoms with Gasteiger partial charge in [-0.1, -0.05) is 25.4 Å². The Kier molecular flexibility index (Phi) is 7.34. The van der Waals surface area contributed by atoms with Crippen molar-refractivity contribution in [3.05, 3.63) is 40.7 Å². The Bertz CT molecular complexity index is 917. The van der Waals surface area contributed by atoms with Crippen molar-refractivity contribution in [2.24, 2.45) is 11.7 Å². The first kappa shape index (κ1) is 22.5. The molecule has 3 rings (SSSR count). The number of Topliss-reactive ketones (excluding diaryl/α,β-unsaturated/α-hetero) is 1. The molecule has 0 fully saturated rings. The molecular weight excluding hydrogens is 402 g/mol. The molecule has 0 saturated carbocycles. The van der Waals surface area contributed by atoms with Gasteiger partial charge in [0.15, 0.2) is 5.78 Å². The van der Waals surface area contributed by atoms with Gasteiger partial charge in [0.25, 0.3) is 0 Å². The summed E-state index contributed by atoms with van der Waals surface area (Å²) in [5, 5.41) is 0.493. The molecule has 0 bridgehead atoms. The number of pyridine rings is 1. The molecule has 1 aromatic heterocycles. The topological polar surface area (TPSA) is 77.7 Å². The van der Waals surface area contributed by atoms with Gasteiger partial charge >= 0.3 is 0 Å². The Morgan fingerprint density at radius 2 is 2.07 bits per heavy atom. The molecule has 1 atom stereocenters. The molecule has 0 radical (unpaired) electrons. The number of hydrogen-bond donors (Lipinski definition) is 1. The molecule has 0 saturated heterocycles. The molecule has 0 aliphatic carbocycles. The Balaban J connectivity index is 2.03. The Morgan fingerprint density at radius 3 is 2.77 bits per heavy atom. The summed E-state index contributed by atoms with van der Waals surface area (Å²) in [5.74, 6) is 1.09. The first-order valence-electron chi connectivity index (χ1n) is 10.3. The maximum atomic E-state index is 13.1. The van der Waals surface area contributed by atoms with E-state index in [1.54, 1.807) is 13.3 Å². The highest BCUT2D eigenvalue weighted by molar-refractivity contribution is 6.32. The third kappa shape index (κ3) is 4.94. The number of anilines is 1. The quantitative estimate of drug-likeness (QED) is 0.677. The van der Waals surface area contributed by atoms with Crippen molar-refractivity contribution >= 4 is 23.1 Å². The first-order chi connectivity index (χ1) is 14.3. The zero-order valence-electron chi connectivity index (χ0n) is 18.1. The van der Waals surface area contributed by atoms with E-state index in [1.165, 1.54) is 0 Å². The highest BCUT2D eigenvalue weighted by Gasteiger charge is 2.28. The smallest absolute Gasteiger partial charge is 0.184 e. The Labute approximate surface area is 183 Å². The summed E-state index contributed by atoms with van der Waals surface area (Å²) in [7, 11) is 1.65. The van der Waals surface area contributed by atoms with Crippen molar-refractivity contribution in [3.8, 4) is 16.9 Å². The number of halogens is 1. The monoisotopic (exact) mass is 431 g/mol. The van der Waals surface area contributed by atoms with Gasteiger partial charge in [0.05, 0.1) is 18.2 Å². The highest BCUT2D eigenvalue weighted by atomic mass is 35.5. The van der Waals surface area contributed by atoms with Gasteiger partial charge in [-0.05, 0) is 37.0 Å². The molecule has 0 spiro atoms. The van der Waals surface area contributed by atoms with Crippen molar-refractivity contribution in [3.63, 3.8) is 0 Å². The second-order valence-electron chi connectivity index (χ2n) is 8.16. The number of carbonyl (C=O) groups excluding carboxylic acids is 1. The van der Waals surface area contributed by atoms with E-state index in [2.05, 4.69) is 18.8 Å². The lowest BCUT2D eigenvalue weighted by atomic mass is 9.97. The Hall–Kier alpha value is -2.15. The van der Waals surface area contributed by atoms with E-state index in [9.17, 15) is 4.79 Å². The molecule has 1 aromatic carbocycles. The first-order valence-corrected chi connectivity index (χ1v) is 10.6. The van der Waals surface area contributed by atoms with Gasteiger partial charge in [-0.3, -0.25) is 9.78 Å². The number of nitrogens with two attached hydrogens (primary N) is 1. The van der Waals surface area contributed by atoms with Crippen LogP contribution in [0.4, 0.5) is 5.69 Å². The zero-order chi connectivity index (χ0) is 21.8. The van der Waals surface area contributed by atoms with Crippen LogP contribution in [0, 0.1) is 12.8 Å². The molecule has 2 aromatic rings. The summed E-state index contributed by atoms with van der Waals surface area (Å²) >= 11 is 6.59. The van der Waals surface area contributed by atoms with E-state index in [4.69, 9.17) is 26.8 Å². The molecule has 2 heterocycles. The van der Waals surface area contributed by atoms with Crippen LogP contribution < -0.4 is 15.4 Å². The highest BCUT2D eigenvalue weighted by Crippen LogP contribution is 2.42. The molecular formula is C23H30ClN3O3. The van der Waals surface area contributed by atoms with Crippen LogP contribution in [-0.2, 0) is 4.74 Å². The van der Waals surface area contributed by atoms with Gasteiger partial charge < -0.3 is 20.1 Å². The SMILES string of the molecule is COCCN1CC(=O)c2c(ccnc2C)-c2cc(Cl)c(OCC(N)CC(C)C)cc21. The molecule has 0 amide bonds. The fourth-order valence-electron chi connectivity index (χ4n) is 3.88. The number of ether oxygens (including phenoxy) is 2. The number of hydrogen-bond acceptors (Lipinski definition) is 6. The van der Waals surface area contributed by atoms with E-state index in [0.29, 0.717) is 47.7 Å². The van der Waals surface area contributed by atoms with Crippen molar-refractivity contribution in [2.45, 2.75) is 33.2 Å². The standard InChI is InChI=1S/C23H30ClN3O3/c1-14(2)9-16(25)13-30-22-11-20-18(10-19(22)24)17-5-6-26-15(3)23(17)21(28)12-27(20)7-8-29-4/h5-6,10-11,14,16H,7-9,12-13,25H2,1-4H3. The van der Waals surface area contributed by atoms with Crippen molar-refractivity contribution in [2.75, 3.05) is 38.3 Å². The fourth-order valence-corrected chi connectivity index (χ4v) is 4.10. The van der Waals surface area contributed by atoms with Gasteiger partial charge in [0, 0.05) is 54.5 Å². The zero-order valence-corrected chi connectivity index (χ0v) is 18.8. The number of methoxy groups -OCH3 is 1. The average Bonchev–Trinajstić information content (AvgIpc) is 2.79. The number of carbonyl (C=O) groups is 1. The maximum absolute atomic E-state index is 13.1. The predicted octanol–water partition coefficient (Wildman–Crippen LogP) is 4.11. The molecule has 6 nitrogen and oxygen atoms in total. The van der Waals surface area contributed by atoms with Gasteiger partial charge in [0.2, 0.25) is 0 Å². The average molecular weight is 432 g/mol. The van der Waals surface area contributed by atoms with Crippen LogP contribution in [0.3, 0.4) is 0 Å². The van der Waals surface area contributed by atoms with Gasteiger partial charge in [0.1, 0.15) is 12.4 Å². The number of fused-ring (bicyclic) bond motifs is 3. The summed E-state index contributed by atoms with van der Waals surface area (Å²) in [5.41, 5.74) is 10.2. The number of aryl methyl sites for hydroxylation is 1. The lowest BCUT2D eigenvalue weighted by Gasteiger charge is -2.25. The van der Waals surface area contributed by atoms with Crippen molar-refractivity contribution < 1.29 is 14.3 Å². The van der Waals surface area contributed by atoms with Crippen LogP contribution >= 0.6 is 11.6 Å². The van der Waals surface area contributed by atoms with Crippen molar-refractivity contribution in [1.82, 2.24) is 4.98 Å². The van der Waals surface area contributed by atoms with Crippen molar-refractivity contribution in [1.29, 1.82) is 0 Å². The van der Waals surface area contributed by atoms with Gasteiger partial charge in [-0.15, -0.1) is 0 Å². The molecule has 7 heteroatoms. The molecule has 1 aliphatic heterocycles. The van der Waals surface area contributed by atoms with Crippen LogP contribution in [0.2, 0.25) is 5.02 Å². The number of rotatable bonds is 8. The number of nitrogens with zero attached hydrogens (tertiary/aromatic N) is 2. The summed E-state index contributed by atoms with van der Waals surface area (Å²) in [6, 6.07) is 5.58. The van der Waals surface area contributed by atoms with E-state index >= 15 is 0 Å². The third-order valence-corrected chi connectivity index (χ3v) is 5.52. The predicted molar refractivity (Wildman–Crippen MR) is 121 cm³/mol. The minimum absolute atomic E-state index is 0.0282. The second-order valence-corrected chi connectivity index (χ2v) is 8.56. The third-order valence-electron chi connectivity index (χ3n) is 5.23. The Morgan fingerprint density at radius 1 is 1.30 bits per heavy atom. The largest absolute Gasteiger partial charge is 0.490 e. The molecule has 1 unspecified atom stereocenters. The molecule has 162 valence electrons. The number of aromatic nitrogens is 1. The van der Waals surface area contributed by atoms with Gasteiger partial charge in [-0.25, -0.2) is 0 Å². The van der Waals surface area contributed by atoms with E-state index in [-0.39, 0.29) is 18.4 Å². The number of ketones is 1. The maximum Gasteiger partial charge on any atom is 0.184 e. The van der Waals surface area contributed by atoms with E-state index in [0.717, 1.165) is 23.2 Å². The summed E-state index contributed by atoms with van der Waals surface area (Å²) in [6.45, 7) is 7.82. The fraction of sp³-hybridized carbons (Fsp3) is 0.478. The van der Waals surface area contributed by atoms with Crippen LogP contribution in [0.25, 0.3) is 11.1 Å².